The van der Waals surface area contributed by atoms with E-state index in [1.54, 1.807) is 6.08 Å². The van der Waals surface area contributed by atoms with Crippen molar-refractivity contribution >= 4 is 5.91 Å². The molecule has 0 radical (unpaired) electrons. The van der Waals surface area contributed by atoms with Crippen molar-refractivity contribution in [3.8, 4) is 0 Å². The zero-order valence-corrected chi connectivity index (χ0v) is 56.1. The SMILES string of the molecule is CCCCCCCC/C=C\CCCCCCCC(=O)NC(COC1OC(CO)C(OC2OC(CO)C(OC3OC(CO)C(O)C(O)C3O)C(O)C2O)C(O)C1O)C(O)/C=C/CCCCCCCCCCCCCCCCCCCCCCCCCCCCCC. The van der Waals surface area contributed by atoms with E-state index in [1.165, 1.54) is 199 Å². The van der Waals surface area contributed by atoms with Gasteiger partial charge in [0.2, 0.25) is 5.91 Å². The van der Waals surface area contributed by atoms with Crippen molar-refractivity contribution in [2.75, 3.05) is 26.4 Å². The molecule has 19 heteroatoms. The van der Waals surface area contributed by atoms with Crippen LogP contribution >= 0.6 is 0 Å². The largest absolute Gasteiger partial charge is 0.394 e. The summed E-state index contributed by atoms with van der Waals surface area (Å²) in [4.78, 5) is 13.4. The molecule has 0 spiro atoms. The van der Waals surface area contributed by atoms with Crippen LogP contribution in [0.4, 0.5) is 0 Å². The number of aliphatic hydroxyl groups is 11. The third-order valence-electron chi connectivity index (χ3n) is 18.5. The Hall–Kier alpha value is -1.73. The molecule has 3 aliphatic rings. The molecular weight excluding hydrogens is 1150 g/mol. The summed E-state index contributed by atoms with van der Waals surface area (Å²) in [6.45, 7) is 1.75. The number of carbonyl (C=O) groups is 1. The highest BCUT2D eigenvalue weighted by Crippen LogP contribution is 2.33. The van der Waals surface area contributed by atoms with Gasteiger partial charge in [-0.25, -0.2) is 0 Å². The standard InChI is InChI=1S/C71H133NO18/c1-3-5-7-9-11-13-15-17-19-20-21-22-23-24-25-26-27-28-29-30-31-32-33-35-36-38-40-42-44-46-48-55(76)54(72-59(77)49-47-45-43-41-39-37-34-18-16-14-12-10-8-6-4-2)53-85-69-65(83)62(80)67(57(51-74)87-69)90-71-66(84)63(81)68(58(52-75)88-71)89-70-64(82)61(79)60(78)56(50-73)86-70/h18,34,46,48,54-58,60-71,73-76,78-84H,3-17,19-33,35-45,47,49-53H2,1-2H3,(H,72,77)/b34-18-,48-46+. The van der Waals surface area contributed by atoms with E-state index in [-0.39, 0.29) is 18.9 Å². The molecule has 3 aliphatic heterocycles. The quantitative estimate of drug-likeness (QED) is 0.0199. The Balaban J connectivity index is 1.39. The van der Waals surface area contributed by atoms with Gasteiger partial charge in [0, 0.05) is 6.42 Å². The lowest BCUT2D eigenvalue weighted by molar-refractivity contribution is -0.379. The van der Waals surface area contributed by atoms with Crippen LogP contribution in [0.1, 0.15) is 290 Å². The molecule has 12 N–H and O–H groups in total. The average molecular weight is 1290 g/mol. The summed E-state index contributed by atoms with van der Waals surface area (Å²) >= 11 is 0. The number of carbonyl (C=O) groups excluding carboxylic acids is 1. The maximum atomic E-state index is 13.4. The van der Waals surface area contributed by atoms with Gasteiger partial charge in [0.1, 0.15) is 73.2 Å². The Kier molecular flexibility index (Phi) is 49.0. The molecule has 19 nitrogen and oxygen atoms in total. The Morgan fingerprint density at radius 1 is 0.389 bits per heavy atom. The van der Waals surface area contributed by atoms with Crippen LogP contribution in [-0.2, 0) is 33.2 Å². The van der Waals surface area contributed by atoms with Crippen LogP contribution in [0, 0.1) is 0 Å². The third kappa shape index (κ3) is 34.8. The highest BCUT2D eigenvalue weighted by Gasteiger charge is 2.53. The second-order valence-electron chi connectivity index (χ2n) is 26.4. The Morgan fingerprint density at radius 2 is 0.700 bits per heavy atom. The number of amides is 1. The van der Waals surface area contributed by atoms with Crippen LogP contribution in [0.2, 0.25) is 0 Å². The highest BCUT2D eigenvalue weighted by atomic mass is 16.8. The van der Waals surface area contributed by atoms with E-state index in [0.29, 0.717) is 6.42 Å². The minimum absolute atomic E-state index is 0.235. The van der Waals surface area contributed by atoms with E-state index in [4.69, 9.17) is 28.4 Å². The van der Waals surface area contributed by atoms with Crippen molar-refractivity contribution in [2.24, 2.45) is 0 Å². The summed E-state index contributed by atoms with van der Waals surface area (Å²) in [5.41, 5.74) is 0. The van der Waals surface area contributed by atoms with E-state index in [0.717, 1.165) is 64.2 Å². The molecule has 3 saturated heterocycles. The van der Waals surface area contributed by atoms with Crippen molar-refractivity contribution in [3.63, 3.8) is 0 Å². The summed E-state index contributed by atoms with van der Waals surface area (Å²) in [7, 11) is 0. The Bertz CT molecular complexity index is 1730. The van der Waals surface area contributed by atoms with E-state index in [1.807, 2.05) is 6.08 Å². The lowest BCUT2D eigenvalue weighted by Gasteiger charge is -2.48. The number of hydrogen-bond acceptors (Lipinski definition) is 18. The third-order valence-corrected chi connectivity index (χ3v) is 18.5. The molecule has 530 valence electrons. The Labute approximate surface area is 543 Å². The number of hydrogen-bond donors (Lipinski definition) is 12. The van der Waals surface area contributed by atoms with Crippen molar-refractivity contribution in [2.45, 2.75) is 394 Å². The predicted molar refractivity (Wildman–Crippen MR) is 351 cm³/mol. The van der Waals surface area contributed by atoms with Gasteiger partial charge in [-0.05, 0) is 44.9 Å². The van der Waals surface area contributed by atoms with E-state index >= 15 is 0 Å². The summed E-state index contributed by atoms with van der Waals surface area (Å²) in [6, 6.07) is -0.976. The number of ether oxygens (including phenoxy) is 6. The van der Waals surface area contributed by atoms with Crippen molar-refractivity contribution in [1.29, 1.82) is 0 Å². The molecular formula is C71H133NO18. The van der Waals surface area contributed by atoms with Gasteiger partial charge in [-0.3, -0.25) is 4.79 Å². The number of allylic oxidation sites excluding steroid dienone is 3. The molecule has 3 rings (SSSR count). The van der Waals surface area contributed by atoms with Gasteiger partial charge in [-0.15, -0.1) is 0 Å². The fraction of sp³-hybridized carbons (Fsp3) is 0.930. The van der Waals surface area contributed by atoms with Crippen molar-refractivity contribution in [3.05, 3.63) is 24.3 Å². The monoisotopic (exact) mass is 1290 g/mol. The lowest BCUT2D eigenvalue weighted by atomic mass is 9.96. The van der Waals surface area contributed by atoms with Gasteiger partial charge in [0.25, 0.3) is 0 Å². The first kappa shape index (κ1) is 82.5. The molecule has 3 fully saturated rings. The molecule has 1 amide bonds. The molecule has 17 unspecified atom stereocenters. The van der Waals surface area contributed by atoms with Gasteiger partial charge in [-0.1, -0.05) is 263 Å². The number of rotatable bonds is 57. The molecule has 0 aromatic rings. The van der Waals surface area contributed by atoms with Crippen LogP contribution in [0.5, 0.6) is 0 Å². The zero-order chi connectivity index (χ0) is 65.4. The predicted octanol–water partition coefficient (Wildman–Crippen LogP) is 10.2. The van der Waals surface area contributed by atoms with Crippen LogP contribution in [0.25, 0.3) is 0 Å². The average Bonchev–Trinajstić information content (AvgIpc) is 0.866. The molecule has 3 heterocycles. The number of unbranched alkanes of at least 4 members (excludes halogenated alkanes) is 39. The smallest absolute Gasteiger partial charge is 0.220 e. The van der Waals surface area contributed by atoms with Gasteiger partial charge < -0.3 is 89.9 Å². The Morgan fingerprint density at radius 3 is 1.08 bits per heavy atom. The molecule has 0 bridgehead atoms. The number of aliphatic hydroxyl groups excluding tert-OH is 11. The topological polar surface area (TPSA) is 307 Å². The van der Waals surface area contributed by atoms with E-state index in [2.05, 4.69) is 31.3 Å². The summed E-state index contributed by atoms with van der Waals surface area (Å²) < 4.78 is 34.4. The zero-order valence-electron chi connectivity index (χ0n) is 56.1. The maximum absolute atomic E-state index is 13.4. The van der Waals surface area contributed by atoms with Crippen molar-refractivity contribution in [1.82, 2.24) is 5.32 Å². The first-order chi connectivity index (χ1) is 43.8. The lowest BCUT2D eigenvalue weighted by Crippen LogP contribution is -2.66. The summed E-state index contributed by atoms with van der Waals surface area (Å²) in [5.74, 6) is -0.281. The summed E-state index contributed by atoms with van der Waals surface area (Å²) in [5, 5.41) is 121. The second kappa shape index (κ2) is 53.4. The molecule has 0 aromatic heterocycles. The van der Waals surface area contributed by atoms with E-state index < -0.39 is 124 Å². The first-order valence-electron chi connectivity index (χ1n) is 36.6. The number of nitrogens with one attached hydrogen (secondary N) is 1. The molecule has 0 aromatic carbocycles. The normalized spacial score (nSPS) is 28.1. The molecule has 90 heavy (non-hydrogen) atoms. The fourth-order valence-corrected chi connectivity index (χ4v) is 12.5. The van der Waals surface area contributed by atoms with Crippen molar-refractivity contribution < 1.29 is 89.4 Å². The van der Waals surface area contributed by atoms with Gasteiger partial charge in [0.15, 0.2) is 18.9 Å². The van der Waals surface area contributed by atoms with Gasteiger partial charge in [0.05, 0.1) is 38.6 Å². The van der Waals surface area contributed by atoms with Crippen LogP contribution in [0.15, 0.2) is 24.3 Å². The van der Waals surface area contributed by atoms with Crippen LogP contribution < -0.4 is 5.32 Å². The van der Waals surface area contributed by atoms with Crippen LogP contribution in [0.3, 0.4) is 0 Å². The molecule has 17 atom stereocenters. The minimum atomic E-state index is -1.98. The summed E-state index contributed by atoms with van der Waals surface area (Å²) in [6.07, 6.45) is 34.6. The van der Waals surface area contributed by atoms with Gasteiger partial charge in [-0.2, -0.15) is 0 Å². The minimum Gasteiger partial charge on any atom is -0.394 e. The molecule has 0 aliphatic carbocycles. The fourth-order valence-electron chi connectivity index (χ4n) is 12.5. The van der Waals surface area contributed by atoms with Crippen LogP contribution in [-0.4, -0.2) is 193 Å². The van der Waals surface area contributed by atoms with E-state index in [9.17, 15) is 61.0 Å². The highest BCUT2D eigenvalue weighted by molar-refractivity contribution is 5.76. The second-order valence-corrected chi connectivity index (χ2v) is 26.4. The van der Waals surface area contributed by atoms with Gasteiger partial charge >= 0.3 is 0 Å². The first-order valence-corrected chi connectivity index (χ1v) is 36.6. The molecule has 0 saturated carbocycles. The maximum Gasteiger partial charge on any atom is 0.220 e.